The number of halogens is 4. The summed E-state index contributed by atoms with van der Waals surface area (Å²) < 4.78 is 37.6. The van der Waals surface area contributed by atoms with Gasteiger partial charge in [-0.3, -0.25) is 9.69 Å². The highest BCUT2D eigenvalue weighted by atomic mass is 35.5. The molecule has 0 radical (unpaired) electrons. The summed E-state index contributed by atoms with van der Waals surface area (Å²) in [5.41, 5.74) is 1.43. The Morgan fingerprint density at radius 1 is 1.16 bits per heavy atom. The molecule has 0 aromatic heterocycles. The van der Waals surface area contributed by atoms with E-state index in [1.807, 2.05) is 6.92 Å². The third-order valence-corrected chi connectivity index (χ3v) is 4.10. The van der Waals surface area contributed by atoms with Gasteiger partial charge in [-0.05, 0) is 49.4 Å². The van der Waals surface area contributed by atoms with Crippen molar-refractivity contribution in [1.82, 2.24) is 4.90 Å². The van der Waals surface area contributed by atoms with Gasteiger partial charge in [0.1, 0.15) is 0 Å². The molecule has 25 heavy (non-hydrogen) atoms. The van der Waals surface area contributed by atoms with Gasteiger partial charge in [0.25, 0.3) is 0 Å². The molecule has 0 atom stereocenters. The Bertz CT molecular complexity index is 745. The van der Waals surface area contributed by atoms with Crippen LogP contribution in [0.3, 0.4) is 0 Å². The van der Waals surface area contributed by atoms with Crippen LogP contribution in [0.1, 0.15) is 16.7 Å². The lowest BCUT2D eigenvalue weighted by Crippen LogP contribution is -2.30. The van der Waals surface area contributed by atoms with Crippen LogP contribution in [0.25, 0.3) is 0 Å². The van der Waals surface area contributed by atoms with Crippen LogP contribution in [0.2, 0.25) is 5.02 Å². The van der Waals surface area contributed by atoms with E-state index in [1.165, 1.54) is 12.1 Å². The monoisotopic (exact) mass is 370 g/mol. The number of nitrogens with zero attached hydrogens (tertiary/aromatic N) is 1. The Hall–Kier alpha value is -2.05. The molecule has 7 heteroatoms. The minimum atomic E-state index is -4.35. The van der Waals surface area contributed by atoms with E-state index in [4.69, 9.17) is 11.6 Å². The van der Waals surface area contributed by atoms with Gasteiger partial charge in [-0.25, -0.2) is 0 Å². The predicted octanol–water partition coefficient (Wildman–Crippen LogP) is 4.74. The van der Waals surface area contributed by atoms with Crippen molar-refractivity contribution >= 4 is 23.2 Å². The summed E-state index contributed by atoms with van der Waals surface area (Å²) in [6.07, 6.45) is -4.35. The van der Waals surface area contributed by atoms with Crippen LogP contribution in [0.15, 0.2) is 42.5 Å². The number of likely N-dealkylation sites (N-methyl/N-ethyl adjacent to an activating group) is 1. The van der Waals surface area contributed by atoms with Gasteiger partial charge in [-0.2, -0.15) is 13.2 Å². The first-order chi connectivity index (χ1) is 11.7. The molecular formula is C18H18ClF3N2O. The third kappa shape index (κ3) is 5.47. The van der Waals surface area contributed by atoms with Crippen molar-refractivity contribution in [2.24, 2.45) is 0 Å². The lowest BCUT2D eigenvalue weighted by atomic mass is 10.1. The van der Waals surface area contributed by atoms with Gasteiger partial charge >= 0.3 is 6.18 Å². The zero-order valence-corrected chi connectivity index (χ0v) is 14.6. The number of hydrogen-bond donors (Lipinski definition) is 1. The first-order valence-corrected chi connectivity index (χ1v) is 7.94. The van der Waals surface area contributed by atoms with E-state index in [9.17, 15) is 18.0 Å². The predicted molar refractivity (Wildman–Crippen MR) is 92.6 cm³/mol. The van der Waals surface area contributed by atoms with Crippen molar-refractivity contribution in [2.45, 2.75) is 19.6 Å². The second-order valence-electron chi connectivity index (χ2n) is 5.83. The van der Waals surface area contributed by atoms with E-state index >= 15 is 0 Å². The summed E-state index contributed by atoms with van der Waals surface area (Å²) in [6, 6.07) is 10.2. The molecule has 0 aliphatic carbocycles. The number of nitrogens with one attached hydrogen (secondary N) is 1. The molecule has 1 amide bonds. The summed E-state index contributed by atoms with van der Waals surface area (Å²) in [6.45, 7) is 2.27. The molecule has 0 bridgehead atoms. The molecule has 134 valence electrons. The van der Waals surface area contributed by atoms with Gasteiger partial charge < -0.3 is 5.32 Å². The van der Waals surface area contributed by atoms with E-state index in [2.05, 4.69) is 5.32 Å². The molecule has 0 fully saturated rings. The van der Waals surface area contributed by atoms with E-state index in [-0.39, 0.29) is 12.5 Å². The number of amides is 1. The minimum Gasteiger partial charge on any atom is -0.325 e. The largest absolute Gasteiger partial charge is 0.416 e. The molecule has 0 saturated carbocycles. The van der Waals surface area contributed by atoms with E-state index in [0.717, 1.165) is 17.7 Å². The Kier molecular flexibility index (Phi) is 6.08. The second-order valence-corrected chi connectivity index (χ2v) is 6.23. The van der Waals surface area contributed by atoms with Gasteiger partial charge in [0.15, 0.2) is 0 Å². The fraction of sp³-hybridized carbons (Fsp3) is 0.278. The average molecular weight is 371 g/mol. The van der Waals surface area contributed by atoms with Gasteiger partial charge in [-0.1, -0.05) is 29.8 Å². The van der Waals surface area contributed by atoms with Crippen molar-refractivity contribution in [3.8, 4) is 0 Å². The molecule has 3 nitrogen and oxygen atoms in total. The maximum absolute atomic E-state index is 12.5. The zero-order chi connectivity index (χ0) is 18.6. The van der Waals surface area contributed by atoms with Crippen molar-refractivity contribution in [1.29, 1.82) is 0 Å². The SMILES string of the molecule is Cc1c(Cl)cccc1NC(=O)CN(C)Cc1ccc(C(F)(F)F)cc1. The first kappa shape index (κ1) is 19.3. The van der Waals surface area contributed by atoms with Gasteiger partial charge in [0.05, 0.1) is 12.1 Å². The molecule has 0 saturated heterocycles. The summed E-state index contributed by atoms with van der Waals surface area (Å²) in [4.78, 5) is 13.8. The van der Waals surface area contributed by atoms with Crippen LogP contribution in [-0.4, -0.2) is 24.4 Å². The van der Waals surface area contributed by atoms with Gasteiger partial charge in [0.2, 0.25) is 5.91 Å². The number of alkyl halides is 3. The van der Waals surface area contributed by atoms with Crippen LogP contribution >= 0.6 is 11.6 Å². The van der Waals surface area contributed by atoms with Crippen LogP contribution in [0.5, 0.6) is 0 Å². The smallest absolute Gasteiger partial charge is 0.325 e. The molecule has 0 aliphatic heterocycles. The van der Waals surface area contributed by atoms with Crippen molar-refractivity contribution in [3.05, 3.63) is 64.2 Å². The second kappa shape index (κ2) is 7.89. The molecule has 2 aromatic rings. The molecule has 2 rings (SSSR count). The standard InChI is InChI=1S/C18H18ClF3N2O/c1-12-15(19)4-3-5-16(12)23-17(25)11-24(2)10-13-6-8-14(9-7-13)18(20,21)22/h3-9H,10-11H2,1-2H3,(H,23,25). The molecule has 1 N–H and O–H groups in total. The topological polar surface area (TPSA) is 32.3 Å². The van der Waals surface area contributed by atoms with E-state index in [1.54, 1.807) is 30.1 Å². The van der Waals surface area contributed by atoms with Crippen molar-refractivity contribution in [3.63, 3.8) is 0 Å². The average Bonchev–Trinajstić information content (AvgIpc) is 2.51. The highest BCUT2D eigenvalue weighted by Crippen LogP contribution is 2.29. The normalized spacial score (nSPS) is 11.6. The number of rotatable bonds is 5. The third-order valence-electron chi connectivity index (χ3n) is 3.69. The van der Waals surface area contributed by atoms with Crippen LogP contribution in [0.4, 0.5) is 18.9 Å². The Morgan fingerprint density at radius 2 is 1.80 bits per heavy atom. The molecule has 2 aromatic carbocycles. The number of hydrogen-bond acceptors (Lipinski definition) is 2. The van der Waals surface area contributed by atoms with Crippen LogP contribution in [-0.2, 0) is 17.5 Å². The minimum absolute atomic E-state index is 0.104. The molecule has 0 aliphatic rings. The molecule has 0 spiro atoms. The summed E-state index contributed by atoms with van der Waals surface area (Å²) in [5.74, 6) is -0.222. The van der Waals surface area contributed by atoms with Gasteiger partial charge in [-0.15, -0.1) is 0 Å². The summed E-state index contributed by atoms with van der Waals surface area (Å²) in [5, 5.41) is 3.35. The molecule has 0 unspecified atom stereocenters. The Labute approximate surface area is 149 Å². The fourth-order valence-electron chi connectivity index (χ4n) is 2.34. The Morgan fingerprint density at radius 3 is 2.40 bits per heavy atom. The number of benzene rings is 2. The first-order valence-electron chi connectivity index (χ1n) is 7.56. The molecule has 0 heterocycles. The van der Waals surface area contributed by atoms with E-state index in [0.29, 0.717) is 22.8 Å². The Balaban J connectivity index is 1.92. The molecular weight excluding hydrogens is 353 g/mol. The van der Waals surface area contributed by atoms with Crippen molar-refractivity contribution < 1.29 is 18.0 Å². The maximum atomic E-state index is 12.5. The summed E-state index contributed by atoms with van der Waals surface area (Å²) in [7, 11) is 1.72. The van der Waals surface area contributed by atoms with Crippen molar-refractivity contribution in [2.75, 3.05) is 18.9 Å². The number of carbonyl (C=O) groups excluding carboxylic acids is 1. The van der Waals surface area contributed by atoms with Gasteiger partial charge in [0, 0.05) is 17.3 Å². The highest BCUT2D eigenvalue weighted by molar-refractivity contribution is 6.31. The number of anilines is 1. The maximum Gasteiger partial charge on any atom is 0.416 e. The van der Waals surface area contributed by atoms with Crippen LogP contribution < -0.4 is 5.32 Å². The quantitative estimate of drug-likeness (QED) is 0.824. The van der Waals surface area contributed by atoms with E-state index < -0.39 is 11.7 Å². The number of carbonyl (C=O) groups is 1. The lowest BCUT2D eigenvalue weighted by molar-refractivity contribution is -0.137. The van der Waals surface area contributed by atoms with Crippen LogP contribution in [0, 0.1) is 6.92 Å². The fourth-order valence-corrected chi connectivity index (χ4v) is 2.52. The highest BCUT2D eigenvalue weighted by Gasteiger charge is 2.29. The lowest BCUT2D eigenvalue weighted by Gasteiger charge is -2.17. The summed E-state index contributed by atoms with van der Waals surface area (Å²) >= 11 is 6.01. The zero-order valence-electron chi connectivity index (χ0n) is 13.8.